The van der Waals surface area contributed by atoms with Crippen LogP contribution >= 0.6 is 23.1 Å². The normalized spacial score (nSPS) is 11.4. The van der Waals surface area contributed by atoms with Gasteiger partial charge >= 0.3 is 12.1 Å². The number of ether oxygens (including phenoxy) is 3. The molecule has 0 radical (unpaired) electrons. The van der Waals surface area contributed by atoms with Gasteiger partial charge in [-0.3, -0.25) is 0 Å². The predicted molar refractivity (Wildman–Crippen MR) is 122 cm³/mol. The summed E-state index contributed by atoms with van der Waals surface area (Å²) in [6.45, 7) is 3.60. The fraction of sp³-hybridized carbons (Fsp3) is 0.304. The molecule has 0 saturated carbocycles. The van der Waals surface area contributed by atoms with E-state index in [1.807, 2.05) is 19.9 Å². The van der Waals surface area contributed by atoms with Gasteiger partial charge in [-0.15, -0.1) is 23.1 Å². The second kappa shape index (κ2) is 10.5. The molecule has 3 rings (SSSR count). The number of aryl methyl sites for hydroxylation is 2. The smallest absolute Gasteiger partial charge is 0.416 e. The minimum absolute atomic E-state index is 0.217. The molecule has 0 unspecified atom stereocenters. The molecule has 2 aromatic carbocycles. The maximum atomic E-state index is 12.8. The van der Waals surface area contributed by atoms with Gasteiger partial charge in [-0.05, 0) is 43.7 Å². The van der Waals surface area contributed by atoms with Crippen LogP contribution in [0.15, 0.2) is 41.3 Å². The number of hydrogen-bond donors (Lipinski definition) is 0. The highest BCUT2D eigenvalue weighted by Crippen LogP contribution is 2.39. The summed E-state index contributed by atoms with van der Waals surface area (Å²) < 4.78 is 53.9. The van der Waals surface area contributed by atoms with Crippen molar-refractivity contribution in [2.75, 3.05) is 20.8 Å². The third-order valence-corrected chi connectivity index (χ3v) is 7.32. The maximum absolute atomic E-state index is 12.8. The Labute approximate surface area is 197 Å². The average Bonchev–Trinajstić information content (AvgIpc) is 3.16. The lowest BCUT2D eigenvalue weighted by atomic mass is 10.1. The van der Waals surface area contributed by atoms with E-state index in [9.17, 15) is 18.0 Å². The first kappa shape index (κ1) is 24.9. The Morgan fingerprint density at radius 1 is 1.09 bits per heavy atom. The van der Waals surface area contributed by atoms with Gasteiger partial charge in [-0.1, -0.05) is 12.1 Å². The summed E-state index contributed by atoms with van der Waals surface area (Å²) in [6, 6.07) is 8.68. The number of esters is 1. The van der Waals surface area contributed by atoms with Crippen molar-refractivity contribution in [3.05, 3.63) is 58.1 Å². The zero-order valence-corrected chi connectivity index (χ0v) is 20.0. The Kier molecular flexibility index (Phi) is 7.91. The lowest BCUT2D eigenvalue weighted by Gasteiger charge is -2.13. The van der Waals surface area contributed by atoms with Crippen LogP contribution in [0.2, 0.25) is 0 Å². The molecule has 0 aliphatic rings. The number of benzene rings is 2. The number of carbonyl (C=O) groups excluding carboxylic acids is 1. The van der Waals surface area contributed by atoms with Crippen LogP contribution in [0.4, 0.5) is 13.2 Å². The van der Waals surface area contributed by atoms with E-state index in [0.717, 1.165) is 33.2 Å². The van der Waals surface area contributed by atoms with Crippen LogP contribution in [0.3, 0.4) is 0 Å². The summed E-state index contributed by atoms with van der Waals surface area (Å²) in [6.07, 6.45) is -4.36. The van der Waals surface area contributed by atoms with Gasteiger partial charge in [0.05, 0.1) is 25.5 Å². The molecular weight excluding hydrogens is 475 g/mol. The first-order valence-corrected chi connectivity index (χ1v) is 11.6. The third-order valence-electron chi connectivity index (χ3n) is 4.75. The van der Waals surface area contributed by atoms with Crippen molar-refractivity contribution in [2.24, 2.45) is 0 Å². The van der Waals surface area contributed by atoms with E-state index in [1.54, 1.807) is 17.8 Å². The van der Waals surface area contributed by atoms with Crippen LogP contribution in [-0.4, -0.2) is 31.8 Å². The van der Waals surface area contributed by atoms with Gasteiger partial charge in [0.2, 0.25) is 0 Å². The summed E-state index contributed by atoms with van der Waals surface area (Å²) in [5.74, 6) is 1.09. The SMILES string of the molecule is COC(=O)COc1cc(C)c(SCc2sc(-c3ccc(C(F)(F)F)cc3)nc2C)cc1OC. The maximum Gasteiger partial charge on any atom is 0.416 e. The predicted octanol–water partition coefficient (Wildman–Crippen LogP) is 6.30. The molecule has 0 atom stereocenters. The summed E-state index contributed by atoms with van der Waals surface area (Å²) in [5.41, 5.74) is 1.76. The fourth-order valence-corrected chi connectivity index (χ4v) is 5.15. The highest BCUT2D eigenvalue weighted by molar-refractivity contribution is 7.98. The molecule has 10 heteroatoms. The molecule has 1 aromatic heterocycles. The van der Waals surface area contributed by atoms with Gasteiger partial charge in [0.1, 0.15) is 5.01 Å². The highest BCUT2D eigenvalue weighted by atomic mass is 32.2. The molecule has 3 aromatic rings. The summed E-state index contributed by atoms with van der Waals surface area (Å²) in [7, 11) is 2.81. The number of thiazole rings is 1. The number of hydrogen-bond acceptors (Lipinski definition) is 7. The van der Waals surface area contributed by atoms with Gasteiger partial charge in [-0.2, -0.15) is 13.2 Å². The van der Waals surface area contributed by atoms with E-state index in [4.69, 9.17) is 9.47 Å². The molecule has 1 heterocycles. The van der Waals surface area contributed by atoms with Crippen molar-refractivity contribution in [3.63, 3.8) is 0 Å². The monoisotopic (exact) mass is 497 g/mol. The van der Waals surface area contributed by atoms with Crippen molar-refractivity contribution < 1.29 is 32.2 Å². The second-order valence-electron chi connectivity index (χ2n) is 7.02. The van der Waals surface area contributed by atoms with E-state index < -0.39 is 17.7 Å². The molecular formula is C23H22F3NO4S2. The van der Waals surface area contributed by atoms with E-state index in [0.29, 0.717) is 27.8 Å². The summed E-state index contributed by atoms with van der Waals surface area (Å²) in [4.78, 5) is 17.9. The molecule has 176 valence electrons. The molecule has 0 saturated heterocycles. The van der Waals surface area contributed by atoms with Gasteiger partial charge in [-0.25, -0.2) is 9.78 Å². The standard InChI is InChI=1S/C23H22F3NO4S2/c1-13-9-18(31-11-21(28)30-4)17(29-3)10-19(13)32-12-20-14(2)27-22(33-20)15-5-7-16(8-6-15)23(24,25)26/h5-10H,11-12H2,1-4H3. The van der Waals surface area contributed by atoms with Crippen molar-refractivity contribution in [3.8, 4) is 22.1 Å². The molecule has 0 bridgehead atoms. The van der Waals surface area contributed by atoms with Gasteiger partial charge in [0.25, 0.3) is 0 Å². The van der Waals surface area contributed by atoms with Crippen molar-refractivity contribution in [1.29, 1.82) is 0 Å². The Balaban J connectivity index is 1.73. The van der Waals surface area contributed by atoms with E-state index in [2.05, 4.69) is 9.72 Å². The van der Waals surface area contributed by atoms with Crippen LogP contribution in [0.1, 0.15) is 21.7 Å². The zero-order chi connectivity index (χ0) is 24.2. The summed E-state index contributed by atoms with van der Waals surface area (Å²) >= 11 is 3.05. The van der Waals surface area contributed by atoms with Crippen LogP contribution in [0.5, 0.6) is 11.5 Å². The Morgan fingerprint density at radius 3 is 2.39 bits per heavy atom. The number of thioether (sulfide) groups is 1. The van der Waals surface area contributed by atoms with Crippen LogP contribution in [-0.2, 0) is 21.5 Å². The molecule has 0 N–H and O–H groups in total. The summed E-state index contributed by atoms with van der Waals surface area (Å²) in [5, 5.41) is 0.678. The Morgan fingerprint density at radius 2 is 1.79 bits per heavy atom. The number of aromatic nitrogens is 1. The molecule has 0 fully saturated rings. The number of alkyl halides is 3. The van der Waals surface area contributed by atoms with Crippen molar-refractivity contribution in [2.45, 2.75) is 30.7 Å². The van der Waals surface area contributed by atoms with E-state index in [-0.39, 0.29) is 6.61 Å². The molecule has 0 aliphatic heterocycles. The fourth-order valence-electron chi connectivity index (χ4n) is 2.90. The molecule has 0 amide bonds. The number of rotatable bonds is 8. The quantitative estimate of drug-likeness (QED) is 0.269. The van der Waals surface area contributed by atoms with Crippen LogP contribution in [0.25, 0.3) is 10.6 Å². The molecule has 0 spiro atoms. The van der Waals surface area contributed by atoms with Crippen LogP contribution in [0, 0.1) is 13.8 Å². The third kappa shape index (κ3) is 6.20. The minimum Gasteiger partial charge on any atom is -0.493 e. The topological polar surface area (TPSA) is 57.7 Å². The number of nitrogens with zero attached hydrogens (tertiary/aromatic N) is 1. The van der Waals surface area contributed by atoms with E-state index >= 15 is 0 Å². The number of halogens is 3. The first-order chi connectivity index (χ1) is 15.6. The molecule has 5 nitrogen and oxygen atoms in total. The van der Waals surface area contributed by atoms with Gasteiger partial charge in [0.15, 0.2) is 18.1 Å². The minimum atomic E-state index is -4.36. The lowest BCUT2D eigenvalue weighted by molar-refractivity contribution is -0.143. The second-order valence-corrected chi connectivity index (χ2v) is 9.13. The number of methoxy groups -OCH3 is 2. The van der Waals surface area contributed by atoms with Crippen LogP contribution < -0.4 is 9.47 Å². The van der Waals surface area contributed by atoms with Gasteiger partial charge in [0, 0.05) is 21.1 Å². The first-order valence-electron chi connectivity index (χ1n) is 9.77. The van der Waals surface area contributed by atoms with Crippen molar-refractivity contribution in [1.82, 2.24) is 4.98 Å². The lowest BCUT2D eigenvalue weighted by Crippen LogP contribution is -2.13. The number of carbonyl (C=O) groups is 1. The largest absolute Gasteiger partial charge is 0.493 e. The van der Waals surface area contributed by atoms with Gasteiger partial charge < -0.3 is 14.2 Å². The molecule has 0 aliphatic carbocycles. The van der Waals surface area contributed by atoms with Crippen molar-refractivity contribution >= 4 is 29.1 Å². The Bertz CT molecular complexity index is 1130. The Hall–Kier alpha value is -2.72. The molecule has 33 heavy (non-hydrogen) atoms. The highest BCUT2D eigenvalue weighted by Gasteiger charge is 2.30. The zero-order valence-electron chi connectivity index (χ0n) is 18.4. The average molecular weight is 498 g/mol. The van der Waals surface area contributed by atoms with E-state index in [1.165, 1.54) is 37.7 Å².